The summed E-state index contributed by atoms with van der Waals surface area (Å²) in [4.78, 5) is 25.1. The number of hydrogen-bond acceptors (Lipinski definition) is 6. The Bertz CT molecular complexity index is 1070. The molecular weight excluding hydrogens is 372 g/mol. The summed E-state index contributed by atoms with van der Waals surface area (Å²) in [7, 11) is 1.57. The Morgan fingerprint density at radius 1 is 1.24 bits per heavy atom. The van der Waals surface area contributed by atoms with Gasteiger partial charge in [0, 0.05) is 23.2 Å². The Morgan fingerprint density at radius 3 is 2.59 bits per heavy atom. The molecule has 0 aliphatic carbocycles. The monoisotopic (exact) mass is 396 g/mol. The molecule has 3 rings (SSSR count). The Hall–Kier alpha value is -3.16. The highest BCUT2D eigenvalue weighted by Gasteiger charge is 2.17. The summed E-state index contributed by atoms with van der Waals surface area (Å²) in [5, 5.41) is 13.1. The highest BCUT2D eigenvalue weighted by molar-refractivity contribution is 6.05. The molecule has 0 fully saturated rings. The van der Waals surface area contributed by atoms with E-state index >= 15 is 0 Å². The van der Waals surface area contributed by atoms with Gasteiger partial charge in [-0.3, -0.25) is 4.79 Å². The lowest BCUT2D eigenvalue weighted by Crippen LogP contribution is -2.21. The van der Waals surface area contributed by atoms with E-state index in [-0.39, 0.29) is 12.1 Å². The molecule has 0 aliphatic heterocycles. The maximum absolute atomic E-state index is 12.6. The number of fused-ring (bicyclic) bond motifs is 1. The van der Waals surface area contributed by atoms with Crippen LogP contribution in [0.2, 0.25) is 0 Å². The zero-order chi connectivity index (χ0) is 21.0. The second kappa shape index (κ2) is 8.89. The molecule has 0 saturated heterocycles. The van der Waals surface area contributed by atoms with Crippen molar-refractivity contribution in [3.8, 4) is 5.75 Å². The van der Waals surface area contributed by atoms with Crippen molar-refractivity contribution in [2.75, 3.05) is 19.0 Å². The van der Waals surface area contributed by atoms with Crippen LogP contribution in [0.5, 0.6) is 5.75 Å². The normalized spacial score (nSPS) is 12.0. The van der Waals surface area contributed by atoms with Gasteiger partial charge in [0.15, 0.2) is 0 Å². The van der Waals surface area contributed by atoms with Crippen molar-refractivity contribution >= 4 is 22.6 Å². The van der Waals surface area contributed by atoms with Crippen LogP contribution in [0.3, 0.4) is 0 Å². The number of hydrogen-bond donors (Lipinski definition) is 3. The summed E-state index contributed by atoms with van der Waals surface area (Å²) in [5.41, 5.74) is 7.02. The first-order valence-electron chi connectivity index (χ1n) is 9.41. The molecule has 0 saturated carbocycles. The summed E-state index contributed by atoms with van der Waals surface area (Å²) >= 11 is 0. The summed E-state index contributed by atoms with van der Waals surface area (Å²) in [6.45, 7) is 2.13. The minimum atomic E-state index is -0.762. The SMILES string of the molecule is CCCc1c(OC)ccc2cc(C(=O)Nc3ccc(C(O)CN)cc3)c(=O)oc12. The van der Waals surface area contributed by atoms with E-state index in [4.69, 9.17) is 14.9 Å². The third kappa shape index (κ3) is 4.31. The van der Waals surface area contributed by atoms with Gasteiger partial charge in [-0.15, -0.1) is 0 Å². The molecule has 2 aromatic carbocycles. The van der Waals surface area contributed by atoms with Gasteiger partial charge in [-0.05, 0) is 42.3 Å². The molecule has 1 aromatic heterocycles. The van der Waals surface area contributed by atoms with E-state index in [1.54, 1.807) is 43.5 Å². The van der Waals surface area contributed by atoms with Gasteiger partial charge in [-0.1, -0.05) is 25.5 Å². The number of methoxy groups -OCH3 is 1. The third-order valence-electron chi connectivity index (χ3n) is 4.70. The zero-order valence-corrected chi connectivity index (χ0v) is 16.4. The number of aryl methyl sites for hydroxylation is 1. The summed E-state index contributed by atoms with van der Waals surface area (Å²) in [6.07, 6.45) is 0.785. The number of amides is 1. The molecule has 1 amide bonds. The number of ether oxygens (including phenoxy) is 1. The summed E-state index contributed by atoms with van der Waals surface area (Å²) < 4.78 is 10.9. The molecule has 3 aromatic rings. The molecule has 0 bridgehead atoms. The van der Waals surface area contributed by atoms with Crippen LogP contribution in [0.4, 0.5) is 5.69 Å². The molecule has 7 nitrogen and oxygen atoms in total. The van der Waals surface area contributed by atoms with Crippen LogP contribution in [0, 0.1) is 0 Å². The van der Waals surface area contributed by atoms with Crippen LogP contribution in [0.25, 0.3) is 11.0 Å². The number of carbonyl (C=O) groups excluding carboxylic acids is 1. The van der Waals surface area contributed by atoms with Crippen LogP contribution in [-0.4, -0.2) is 24.7 Å². The fourth-order valence-electron chi connectivity index (χ4n) is 3.18. The quantitative estimate of drug-likeness (QED) is 0.529. The minimum absolute atomic E-state index is 0.0869. The van der Waals surface area contributed by atoms with Gasteiger partial charge in [0.2, 0.25) is 0 Å². The van der Waals surface area contributed by atoms with Crippen molar-refractivity contribution in [1.29, 1.82) is 0 Å². The van der Waals surface area contributed by atoms with Crippen molar-refractivity contribution in [2.45, 2.75) is 25.9 Å². The Balaban J connectivity index is 1.92. The zero-order valence-electron chi connectivity index (χ0n) is 16.4. The Morgan fingerprint density at radius 2 is 1.97 bits per heavy atom. The molecule has 1 atom stereocenters. The average molecular weight is 396 g/mol. The van der Waals surface area contributed by atoms with Crippen LogP contribution in [-0.2, 0) is 6.42 Å². The maximum Gasteiger partial charge on any atom is 0.349 e. The molecule has 29 heavy (non-hydrogen) atoms. The first-order valence-corrected chi connectivity index (χ1v) is 9.41. The number of anilines is 1. The molecule has 1 heterocycles. The molecule has 4 N–H and O–H groups in total. The topological polar surface area (TPSA) is 115 Å². The molecule has 0 radical (unpaired) electrons. The summed E-state index contributed by atoms with van der Waals surface area (Å²) in [5.74, 6) is 0.0834. The van der Waals surface area contributed by atoms with Gasteiger partial charge in [0.05, 0.1) is 13.2 Å². The maximum atomic E-state index is 12.6. The third-order valence-corrected chi connectivity index (χ3v) is 4.70. The molecule has 152 valence electrons. The molecule has 1 unspecified atom stereocenters. The Kier molecular flexibility index (Phi) is 6.31. The largest absolute Gasteiger partial charge is 0.496 e. The standard InChI is InChI=1S/C22H24N2O5/c1-3-4-16-19(28-2)10-7-14-11-17(22(27)29-20(14)16)21(26)24-15-8-5-13(6-9-15)18(25)12-23/h5-11,18,25H,3-4,12,23H2,1-2H3,(H,24,26). The lowest BCUT2D eigenvalue weighted by Gasteiger charge is -2.11. The number of rotatable bonds is 7. The van der Waals surface area contributed by atoms with E-state index in [9.17, 15) is 14.7 Å². The molecule has 7 heteroatoms. The van der Waals surface area contributed by atoms with E-state index in [0.29, 0.717) is 34.4 Å². The van der Waals surface area contributed by atoms with Crippen LogP contribution in [0.1, 0.15) is 40.9 Å². The lowest BCUT2D eigenvalue weighted by molar-refractivity contribution is 0.102. The van der Waals surface area contributed by atoms with Crippen molar-refractivity contribution in [2.24, 2.45) is 5.73 Å². The van der Waals surface area contributed by atoms with Crippen molar-refractivity contribution in [3.05, 3.63) is 69.6 Å². The first kappa shape index (κ1) is 20.6. The van der Waals surface area contributed by atoms with Crippen LogP contribution >= 0.6 is 0 Å². The number of nitrogens with one attached hydrogen (secondary N) is 1. The minimum Gasteiger partial charge on any atom is -0.496 e. The van der Waals surface area contributed by atoms with Gasteiger partial charge >= 0.3 is 5.63 Å². The summed E-state index contributed by atoms with van der Waals surface area (Å²) in [6, 6.07) is 11.7. The lowest BCUT2D eigenvalue weighted by atomic mass is 10.0. The van der Waals surface area contributed by atoms with Gasteiger partial charge in [-0.25, -0.2) is 4.79 Å². The predicted octanol–water partition coefficient (Wildman–Crippen LogP) is 3.00. The van der Waals surface area contributed by atoms with Crippen molar-refractivity contribution in [1.82, 2.24) is 0 Å². The second-order valence-corrected chi connectivity index (χ2v) is 6.69. The van der Waals surface area contributed by atoms with E-state index in [2.05, 4.69) is 5.32 Å². The fourth-order valence-corrected chi connectivity index (χ4v) is 3.18. The number of benzene rings is 2. The van der Waals surface area contributed by atoms with E-state index in [1.165, 1.54) is 6.07 Å². The fraction of sp³-hybridized carbons (Fsp3) is 0.273. The predicted molar refractivity (Wildman–Crippen MR) is 111 cm³/mol. The molecular formula is C22H24N2O5. The van der Waals surface area contributed by atoms with Crippen molar-refractivity contribution < 1.29 is 19.1 Å². The molecule has 0 aliphatic rings. The highest BCUT2D eigenvalue weighted by atomic mass is 16.5. The average Bonchev–Trinajstić information content (AvgIpc) is 2.73. The first-order chi connectivity index (χ1) is 14.0. The molecule has 0 spiro atoms. The highest BCUT2D eigenvalue weighted by Crippen LogP contribution is 2.29. The number of carbonyl (C=O) groups is 1. The van der Waals surface area contributed by atoms with E-state index in [1.807, 2.05) is 6.92 Å². The van der Waals surface area contributed by atoms with Gasteiger partial charge < -0.3 is 25.3 Å². The van der Waals surface area contributed by atoms with Crippen molar-refractivity contribution in [3.63, 3.8) is 0 Å². The second-order valence-electron chi connectivity index (χ2n) is 6.69. The van der Waals surface area contributed by atoms with Gasteiger partial charge in [-0.2, -0.15) is 0 Å². The number of aliphatic hydroxyl groups excluding tert-OH is 1. The van der Waals surface area contributed by atoms with E-state index < -0.39 is 17.6 Å². The number of aliphatic hydroxyl groups is 1. The number of nitrogens with two attached hydrogens (primary N) is 1. The van der Waals surface area contributed by atoms with Crippen LogP contribution in [0.15, 0.2) is 51.7 Å². The Labute approximate surface area is 168 Å². The van der Waals surface area contributed by atoms with Gasteiger partial charge in [0.1, 0.15) is 16.9 Å². The van der Waals surface area contributed by atoms with E-state index in [0.717, 1.165) is 12.0 Å². The van der Waals surface area contributed by atoms with Gasteiger partial charge in [0.25, 0.3) is 5.91 Å². The van der Waals surface area contributed by atoms with Crippen LogP contribution < -0.4 is 21.4 Å². The smallest absolute Gasteiger partial charge is 0.349 e.